The monoisotopic (exact) mass is 297 g/mol. The third-order valence-corrected chi connectivity index (χ3v) is 4.19. The lowest BCUT2D eigenvalue weighted by Gasteiger charge is -2.27. The Kier molecular flexibility index (Phi) is 3.06. The minimum absolute atomic E-state index is 0.425. The summed E-state index contributed by atoms with van der Waals surface area (Å²) >= 11 is 0. The Hall–Kier alpha value is -2.44. The van der Waals surface area contributed by atoms with Crippen LogP contribution in [0.15, 0.2) is 24.8 Å². The van der Waals surface area contributed by atoms with Crippen molar-refractivity contribution in [2.45, 2.75) is 39.3 Å². The summed E-state index contributed by atoms with van der Waals surface area (Å²) in [5.74, 6) is 1.74. The number of rotatable bonds is 3. The lowest BCUT2D eigenvalue weighted by atomic mass is 10.2. The van der Waals surface area contributed by atoms with Crippen molar-refractivity contribution in [1.29, 1.82) is 0 Å². The van der Waals surface area contributed by atoms with Gasteiger partial charge >= 0.3 is 0 Å². The van der Waals surface area contributed by atoms with Crippen molar-refractivity contribution in [2.24, 2.45) is 0 Å². The highest BCUT2D eigenvalue weighted by Crippen LogP contribution is 2.26. The highest BCUT2D eigenvalue weighted by Gasteiger charge is 2.27. The Morgan fingerprint density at radius 2 is 2.18 bits per heavy atom. The third kappa shape index (κ3) is 2.22. The van der Waals surface area contributed by atoms with Crippen molar-refractivity contribution in [3.63, 3.8) is 0 Å². The molecule has 4 heterocycles. The van der Waals surface area contributed by atoms with Gasteiger partial charge in [-0.2, -0.15) is 19.7 Å². The molecule has 1 aliphatic rings. The summed E-state index contributed by atoms with van der Waals surface area (Å²) in [6.45, 7) is 6.00. The van der Waals surface area contributed by atoms with Gasteiger partial charge in [-0.3, -0.25) is 4.68 Å². The van der Waals surface area contributed by atoms with E-state index < -0.39 is 0 Å². The van der Waals surface area contributed by atoms with Gasteiger partial charge in [0.15, 0.2) is 0 Å². The Balaban J connectivity index is 1.68. The van der Waals surface area contributed by atoms with E-state index in [4.69, 9.17) is 0 Å². The van der Waals surface area contributed by atoms with Gasteiger partial charge in [0, 0.05) is 24.5 Å². The second-order valence-electron chi connectivity index (χ2n) is 5.96. The molecule has 1 saturated heterocycles. The maximum Gasteiger partial charge on any atom is 0.254 e. The maximum atomic E-state index is 4.43. The van der Waals surface area contributed by atoms with Crippen LogP contribution in [0.5, 0.6) is 0 Å². The van der Waals surface area contributed by atoms with Gasteiger partial charge in [-0.15, -0.1) is 0 Å². The number of nitrogens with zero attached hydrogens (tertiary/aromatic N) is 7. The molecule has 1 unspecified atom stereocenters. The summed E-state index contributed by atoms with van der Waals surface area (Å²) in [7, 11) is 0. The molecule has 0 saturated carbocycles. The van der Waals surface area contributed by atoms with Crippen LogP contribution in [0.25, 0.3) is 5.78 Å². The lowest BCUT2D eigenvalue weighted by Crippen LogP contribution is -2.34. The van der Waals surface area contributed by atoms with Gasteiger partial charge in [-0.1, -0.05) is 0 Å². The first-order valence-electron chi connectivity index (χ1n) is 7.64. The van der Waals surface area contributed by atoms with Gasteiger partial charge in [-0.25, -0.2) is 4.98 Å². The largest absolute Gasteiger partial charge is 0.352 e. The van der Waals surface area contributed by atoms with Gasteiger partial charge in [-0.05, 0) is 32.3 Å². The van der Waals surface area contributed by atoms with Gasteiger partial charge in [0.2, 0.25) is 0 Å². The molecule has 3 aromatic rings. The number of anilines is 1. The molecule has 1 fully saturated rings. The van der Waals surface area contributed by atoms with Crippen LogP contribution in [-0.4, -0.2) is 41.9 Å². The molecule has 0 radical (unpaired) electrons. The molecule has 1 atom stereocenters. The predicted molar refractivity (Wildman–Crippen MR) is 82.9 cm³/mol. The SMILES string of the molecule is Cc1cnn(CC2CCCN2c2cc(C)nc3ncnn23)c1. The molecule has 114 valence electrons. The molecular weight excluding hydrogens is 278 g/mol. The fourth-order valence-corrected chi connectivity index (χ4v) is 3.23. The predicted octanol–water partition coefficient (Wildman–Crippen LogP) is 1.61. The summed E-state index contributed by atoms with van der Waals surface area (Å²) in [6, 6.07) is 2.52. The first-order valence-corrected chi connectivity index (χ1v) is 7.64. The lowest BCUT2D eigenvalue weighted by molar-refractivity contribution is 0.505. The minimum atomic E-state index is 0.425. The summed E-state index contributed by atoms with van der Waals surface area (Å²) in [5, 5.41) is 8.75. The number of fused-ring (bicyclic) bond motifs is 1. The van der Waals surface area contributed by atoms with Gasteiger partial charge in [0.05, 0.1) is 18.8 Å². The van der Waals surface area contributed by atoms with Gasteiger partial charge < -0.3 is 4.90 Å². The average Bonchev–Trinajstić information content (AvgIpc) is 3.19. The van der Waals surface area contributed by atoms with Crippen LogP contribution in [0.2, 0.25) is 0 Å². The Morgan fingerprint density at radius 3 is 3.00 bits per heavy atom. The van der Waals surface area contributed by atoms with Crippen molar-refractivity contribution in [3.05, 3.63) is 36.0 Å². The second kappa shape index (κ2) is 5.08. The van der Waals surface area contributed by atoms with Crippen molar-refractivity contribution in [3.8, 4) is 0 Å². The average molecular weight is 297 g/mol. The van der Waals surface area contributed by atoms with E-state index in [-0.39, 0.29) is 0 Å². The fourth-order valence-electron chi connectivity index (χ4n) is 3.23. The van der Waals surface area contributed by atoms with Crippen molar-refractivity contribution in [1.82, 2.24) is 29.4 Å². The minimum Gasteiger partial charge on any atom is -0.352 e. The van der Waals surface area contributed by atoms with Crippen LogP contribution < -0.4 is 4.90 Å². The molecule has 0 aliphatic carbocycles. The Labute approximate surface area is 128 Å². The van der Waals surface area contributed by atoms with E-state index in [2.05, 4.69) is 44.3 Å². The first-order chi connectivity index (χ1) is 10.7. The number of hydrogen-bond acceptors (Lipinski definition) is 5. The van der Waals surface area contributed by atoms with Crippen molar-refractivity contribution in [2.75, 3.05) is 11.4 Å². The zero-order valence-electron chi connectivity index (χ0n) is 12.8. The van der Waals surface area contributed by atoms with Crippen LogP contribution in [0.1, 0.15) is 24.1 Å². The van der Waals surface area contributed by atoms with E-state index in [1.165, 1.54) is 12.0 Å². The number of aryl methyl sites for hydroxylation is 2. The van der Waals surface area contributed by atoms with E-state index in [0.717, 1.165) is 31.0 Å². The molecule has 0 spiro atoms. The maximum absolute atomic E-state index is 4.43. The molecule has 0 aromatic carbocycles. The third-order valence-electron chi connectivity index (χ3n) is 4.19. The Bertz CT molecular complexity index is 803. The molecule has 7 nitrogen and oxygen atoms in total. The smallest absolute Gasteiger partial charge is 0.254 e. The van der Waals surface area contributed by atoms with E-state index in [0.29, 0.717) is 11.8 Å². The van der Waals surface area contributed by atoms with Gasteiger partial charge in [0.25, 0.3) is 5.78 Å². The number of hydrogen-bond donors (Lipinski definition) is 0. The molecule has 0 amide bonds. The van der Waals surface area contributed by atoms with Crippen molar-refractivity contribution < 1.29 is 0 Å². The van der Waals surface area contributed by atoms with E-state index >= 15 is 0 Å². The molecule has 22 heavy (non-hydrogen) atoms. The first kappa shape index (κ1) is 13.2. The summed E-state index contributed by atoms with van der Waals surface area (Å²) < 4.78 is 3.87. The molecular formula is C15H19N7. The van der Waals surface area contributed by atoms with Crippen LogP contribution in [-0.2, 0) is 6.54 Å². The number of aromatic nitrogens is 6. The zero-order valence-corrected chi connectivity index (χ0v) is 12.8. The summed E-state index contributed by atoms with van der Waals surface area (Å²) in [5.41, 5.74) is 2.17. The summed E-state index contributed by atoms with van der Waals surface area (Å²) in [6.07, 6.45) is 7.91. The highest BCUT2D eigenvalue weighted by molar-refractivity contribution is 5.48. The normalized spacial score (nSPS) is 18.5. The van der Waals surface area contributed by atoms with E-state index in [1.54, 1.807) is 6.33 Å². The summed E-state index contributed by atoms with van der Waals surface area (Å²) in [4.78, 5) is 11.1. The zero-order chi connectivity index (χ0) is 15.1. The Morgan fingerprint density at radius 1 is 1.27 bits per heavy atom. The van der Waals surface area contributed by atoms with E-state index in [9.17, 15) is 0 Å². The molecule has 3 aromatic heterocycles. The highest BCUT2D eigenvalue weighted by atomic mass is 15.4. The van der Waals surface area contributed by atoms with Gasteiger partial charge in [0.1, 0.15) is 12.1 Å². The topological polar surface area (TPSA) is 64.1 Å². The van der Waals surface area contributed by atoms with Crippen LogP contribution in [0.4, 0.5) is 5.82 Å². The quantitative estimate of drug-likeness (QED) is 0.735. The molecule has 1 aliphatic heterocycles. The molecule has 0 N–H and O–H groups in total. The van der Waals surface area contributed by atoms with E-state index in [1.807, 2.05) is 22.3 Å². The second-order valence-corrected chi connectivity index (χ2v) is 5.96. The molecule has 4 rings (SSSR count). The van der Waals surface area contributed by atoms with Crippen LogP contribution >= 0.6 is 0 Å². The molecule has 7 heteroatoms. The fraction of sp³-hybridized carbons (Fsp3) is 0.467. The molecule has 0 bridgehead atoms. The van der Waals surface area contributed by atoms with Crippen molar-refractivity contribution >= 4 is 11.6 Å². The standard InChI is InChI=1S/C15H19N7/c1-11-7-17-20(8-11)9-13-4-3-5-21(13)14-6-12(2)19-15-16-10-18-22(14)15/h6-8,10,13H,3-5,9H2,1-2H3. The van der Waals surface area contributed by atoms with Crippen LogP contribution in [0.3, 0.4) is 0 Å². The van der Waals surface area contributed by atoms with Crippen LogP contribution in [0, 0.1) is 13.8 Å².